The molecule has 0 bridgehead atoms. The molecule has 0 spiro atoms. The van der Waals surface area contributed by atoms with Gasteiger partial charge in [-0.1, -0.05) is 0 Å². The van der Waals surface area contributed by atoms with Crippen molar-refractivity contribution in [3.63, 3.8) is 0 Å². The van der Waals surface area contributed by atoms with E-state index in [2.05, 4.69) is 67.6 Å². The first-order chi connectivity index (χ1) is 10.3. The van der Waals surface area contributed by atoms with Gasteiger partial charge in [-0.05, 0) is 0 Å². The summed E-state index contributed by atoms with van der Waals surface area (Å²) >= 11 is 0. The minimum atomic E-state index is -1.99. The molecular weight excluding hydrogens is 296 g/mol. The number of fused-ring (bicyclic) bond motifs is 1. The van der Waals surface area contributed by atoms with Crippen molar-refractivity contribution in [2.45, 2.75) is 92.3 Å². The summed E-state index contributed by atoms with van der Waals surface area (Å²) in [4.78, 5) is 0. The average molecular weight is 338 g/mol. The molecule has 0 saturated heterocycles. The Morgan fingerprint density at radius 2 is 1.78 bits per heavy atom. The Morgan fingerprint density at radius 1 is 1.17 bits per heavy atom. The molecule has 3 atom stereocenters. The van der Waals surface area contributed by atoms with Crippen LogP contribution in [0, 0.1) is 22.7 Å². The molecule has 0 aliphatic heterocycles. The van der Waals surface area contributed by atoms with Gasteiger partial charge in [0.15, 0.2) is 0 Å². The molecule has 2 rings (SSSR count). The van der Waals surface area contributed by atoms with Crippen LogP contribution >= 0.6 is 0 Å². The predicted molar refractivity (Wildman–Crippen MR) is 106 cm³/mol. The average Bonchev–Trinajstić information content (AvgIpc) is 2.35. The van der Waals surface area contributed by atoms with E-state index in [1.807, 2.05) is 0 Å². The van der Waals surface area contributed by atoms with Gasteiger partial charge in [0.1, 0.15) is 0 Å². The second-order valence-corrected chi connectivity index (χ2v) is 16.6. The van der Waals surface area contributed by atoms with Gasteiger partial charge in [-0.25, -0.2) is 0 Å². The van der Waals surface area contributed by atoms with Gasteiger partial charge in [-0.3, -0.25) is 0 Å². The fraction of sp³-hybridized carbons (Fsp3) is 0.905. The van der Waals surface area contributed by atoms with Crippen LogP contribution in [0.3, 0.4) is 0 Å². The molecule has 23 heavy (non-hydrogen) atoms. The van der Waals surface area contributed by atoms with Crippen molar-refractivity contribution in [3.8, 4) is 0 Å². The van der Waals surface area contributed by atoms with E-state index in [1.165, 1.54) is 25.7 Å². The Balaban J connectivity index is 2.23. The molecule has 1 saturated carbocycles. The molecule has 0 unspecified atom stereocenters. The predicted octanol–water partition coefficient (Wildman–Crippen LogP) is 6.54. The summed E-state index contributed by atoms with van der Waals surface area (Å²) in [5.74, 6) is 1.42. The van der Waals surface area contributed by atoms with Crippen LogP contribution in [0.4, 0.5) is 0 Å². The molecule has 2 heteroatoms. The van der Waals surface area contributed by atoms with E-state index >= 15 is 0 Å². The monoisotopic (exact) mass is 337 g/mol. The topological polar surface area (TPSA) is 9.23 Å². The second-order valence-electron chi connectivity index (χ2n) is 11.1. The molecule has 2 aliphatic carbocycles. The standard InChI is InChI=1S/C21H41OSi/c1-16-11-12-18-20(5,6)13-10-14-21(18,7)17(16)15-22-23(8,9)19(2,3)4/h11,17-18,23H,10,12-15H2,1-9H3/q-1/t17-,18-,21+/m0/s1. The molecule has 0 heterocycles. The SMILES string of the molecule is CC1=CC[C@H]2C(C)(C)CCC[C@]2(C)[C@H]1CO[SiH-](C)(C)C(C)(C)C. The van der Waals surface area contributed by atoms with Crippen molar-refractivity contribution in [1.29, 1.82) is 0 Å². The van der Waals surface area contributed by atoms with E-state index in [-0.39, 0.29) is 0 Å². The summed E-state index contributed by atoms with van der Waals surface area (Å²) in [6, 6.07) is 0. The van der Waals surface area contributed by atoms with E-state index < -0.39 is 8.32 Å². The van der Waals surface area contributed by atoms with Crippen molar-refractivity contribution < 1.29 is 4.43 Å². The fourth-order valence-electron chi connectivity index (χ4n) is 5.05. The van der Waals surface area contributed by atoms with Gasteiger partial charge in [0.25, 0.3) is 0 Å². The maximum atomic E-state index is 6.71. The van der Waals surface area contributed by atoms with E-state index in [1.54, 1.807) is 5.57 Å². The molecule has 0 radical (unpaired) electrons. The van der Waals surface area contributed by atoms with E-state index in [9.17, 15) is 0 Å². The zero-order valence-corrected chi connectivity index (χ0v) is 18.4. The molecule has 0 aromatic rings. The molecule has 1 nitrogen and oxygen atoms in total. The van der Waals surface area contributed by atoms with Gasteiger partial charge in [-0.2, -0.15) is 0 Å². The summed E-state index contributed by atoms with van der Waals surface area (Å²) in [5, 5.41) is 0.325. The van der Waals surface area contributed by atoms with E-state index in [4.69, 9.17) is 4.43 Å². The van der Waals surface area contributed by atoms with Crippen LogP contribution in [-0.4, -0.2) is 14.9 Å². The minimum absolute atomic E-state index is 0.325. The van der Waals surface area contributed by atoms with Crippen molar-refractivity contribution in [3.05, 3.63) is 11.6 Å². The number of hydrogen-bond acceptors (Lipinski definition) is 1. The van der Waals surface area contributed by atoms with E-state index in [0.717, 1.165) is 12.5 Å². The third-order valence-electron chi connectivity index (χ3n) is 8.06. The van der Waals surface area contributed by atoms with Gasteiger partial charge in [0.05, 0.1) is 0 Å². The molecule has 2 aliphatic rings. The van der Waals surface area contributed by atoms with Crippen LogP contribution in [0.2, 0.25) is 18.1 Å². The number of rotatable bonds is 3. The second kappa shape index (κ2) is 6.02. The van der Waals surface area contributed by atoms with Crippen molar-refractivity contribution >= 4 is 8.32 Å². The molecule has 0 N–H and O–H groups in total. The molecule has 0 aromatic carbocycles. The summed E-state index contributed by atoms with van der Waals surface area (Å²) in [7, 11) is -1.99. The molecular formula is C21H41OSi-. The molecule has 0 amide bonds. The first-order valence-electron chi connectivity index (χ1n) is 9.84. The van der Waals surface area contributed by atoms with Gasteiger partial charge < -0.3 is 0 Å². The number of allylic oxidation sites excluding steroid dienone is 1. The first kappa shape index (κ1) is 19.2. The van der Waals surface area contributed by atoms with Gasteiger partial charge in [0, 0.05) is 0 Å². The van der Waals surface area contributed by atoms with Crippen LogP contribution < -0.4 is 0 Å². The molecule has 0 aromatic heterocycles. The Labute approximate surface area is 146 Å². The van der Waals surface area contributed by atoms with Gasteiger partial charge in [0.2, 0.25) is 0 Å². The van der Waals surface area contributed by atoms with Crippen LogP contribution in [0.15, 0.2) is 11.6 Å². The van der Waals surface area contributed by atoms with Crippen LogP contribution in [0.5, 0.6) is 0 Å². The molecule has 1 fully saturated rings. The van der Waals surface area contributed by atoms with Crippen LogP contribution in [0.25, 0.3) is 0 Å². The quantitative estimate of drug-likeness (QED) is 0.419. The Kier molecular flexibility index (Phi) is 5.04. The molecule has 136 valence electrons. The normalized spacial score (nSPS) is 35.4. The number of hydrogen-bond donors (Lipinski definition) is 0. The van der Waals surface area contributed by atoms with Crippen molar-refractivity contribution in [1.82, 2.24) is 0 Å². The summed E-state index contributed by atoms with van der Waals surface area (Å²) in [6.45, 7) is 22.8. The van der Waals surface area contributed by atoms with Crippen LogP contribution in [-0.2, 0) is 4.43 Å². The zero-order chi connectivity index (χ0) is 17.7. The van der Waals surface area contributed by atoms with Crippen molar-refractivity contribution in [2.24, 2.45) is 22.7 Å². The van der Waals surface area contributed by atoms with Crippen LogP contribution in [0.1, 0.15) is 74.1 Å². The zero-order valence-electron chi connectivity index (χ0n) is 17.3. The van der Waals surface area contributed by atoms with E-state index in [0.29, 0.717) is 21.8 Å². The summed E-state index contributed by atoms with van der Waals surface area (Å²) in [5.41, 5.74) is 2.49. The Bertz CT molecular complexity index is 469. The summed E-state index contributed by atoms with van der Waals surface area (Å²) < 4.78 is 6.71. The van der Waals surface area contributed by atoms with Gasteiger partial charge in [-0.15, -0.1) is 0 Å². The Morgan fingerprint density at radius 3 is 2.35 bits per heavy atom. The third kappa shape index (κ3) is 3.49. The maximum absolute atomic E-state index is 6.71. The first-order valence-corrected chi connectivity index (χ1v) is 13.2. The summed E-state index contributed by atoms with van der Waals surface area (Å²) in [6.07, 6.45) is 7.95. The third-order valence-corrected chi connectivity index (χ3v) is 13.3. The Hall–Kier alpha value is -0.0831. The fourth-order valence-corrected chi connectivity index (χ4v) is 6.22. The van der Waals surface area contributed by atoms with Gasteiger partial charge >= 0.3 is 146 Å². The van der Waals surface area contributed by atoms with Crippen molar-refractivity contribution in [2.75, 3.05) is 6.61 Å².